The highest BCUT2D eigenvalue weighted by atomic mass is 19.4. The number of hydrazine groups is 1. The van der Waals surface area contributed by atoms with Gasteiger partial charge in [0.1, 0.15) is 17.7 Å². The topological polar surface area (TPSA) is 42.6 Å². The smallest absolute Gasteiger partial charge is 0.261 e. The van der Waals surface area contributed by atoms with Crippen LogP contribution in [0.2, 0.25) is 0 Å². The van der Waals surface area contributed by atoms with Gasteiger partial charge >= 0.3 is 6.18 Å². The second kappa shape index (κ2) is 6.01. The molecule has 0 N–H and O–H groups in total. The van der Waals surface area contributed by atoms with Crippen LogP contribution in [-0.2, 0) is 0 Å². The molecular weight excluding hydrogens is 336 g/mol. The van der Waals surface area contributed by atoms with Gasteiger partial charge in [-0.2, -0.15) is 23.4 Å². The van der Waals surface area contributed by atoms with Crippen LogP contribution in [-0.4, -0.2) is 34.5 Å². The molecule has 1 aromatic rings. The molecule has 8 heteroatoms. The van der Waals surface area contributed by atoms with Crippen molar-refractivity contribution in [2.24, 2.45) is 4.99 Å². The van der Waals surface area contributed by atoms with Gasteiger partial charge < -0.3 is 0 Å². The van der Waals surface area contributed by atoms with E-state index in [1.807, 2.05) is 6.07 Å². The number of fused-ring (bicyclic) bond motifs is 1. The number of halogens is 4. The molecule has 2 aliphatic rings. The van der Waals surface area contributed by atoms with Crippen molar-refractivity contribution >= 4 is 5.71 Å². The lowest BCUT2D eigenvalue weighted by Gasteiger charge is -2.38. The molecule has 0 spiro atoms. The molecule has 2 heterocycles. The lowest BCUT2D eigenvalue weighted by atomic mass is 10.0. The van der Waals surface area contributed by atoms with Crippen LogP contribution in [0.4, 0.5) is 17.6 Å². The van der Waals surface area contributed by atoms with Gasteiger partial charge in [0, 0.05) is 17.8 Å². The quantitative estimate of drug-likeness (QED) is 0.764. The fourth-order valence-electron chi connectivity index (χ4n) is 2.80. The number of nitrogens with zero attached hydrogens (tertiary/aromatic N) is 4. The van der Waals surface area contributed by atoms with Crippen molar-refractivity contribution in [3.63, 3.8) is 0 Å². The van der Waals surface area contributed by atoms with Gasteiger partial charge in [0.25, 0.3) is 0 Å². The molecule has 0 radical (unpaired) electrons. The molecule has 130 valence electrons. The van der Waals surface area contributed by atoms with E-state index in [1.165, 1.54) is 29.3 Å². The number of benzene rings is 1. The molecule has 4 nitrogen and oxygen atoms in total. The van der Waals surface area contributed by atoms with Crippen molar-refractivity contribution in [3.8, 4) is 6.07 Å². The summed E-state index contributed by atoms with van der Waals surface area (Å²) in [6.07, 6.45) is -1.30. The van der Waals surface area contributed by atoms with Gasteiger partial charge in [0.2, 0.25) is 0 Å². The minimum Gasteiger partial charge on any atom is -0.261 e. The molecule has 0 aromatic heterocycles. The number of nitriles is 1. The third-order valence-corrected chi connectivity index (χ3v) is 4.14. The number of aliphatic imine (C=N–C) groups is 1. The van der Waals surface area contributed by atoms with E-state index >= 15 is 0 Å². The summed E-state index contributed by atoms with van der Waals surface area (Å²) in [6.45, 7) is 2.77. The Labute approximate surface area is 141 Å². The van der Waals surface area contributed by atoms with Gasteiger partial charge in [-0.05, 0) is 44.2 Å². The summed E-state index contributed by atoms with van der Waals surface area (Å²) in [7, 11) is 0. The van der Waals surface area contributed by atoms with E-state index < -0.39 is 18.0 Å². The van der Waals surface area contributed by atoms with Gasteiger partial charge in [-0.3, -0.25) is 5.01 Å². The zero-order chi connectivity index (χ0) is 18.4. The van der Waals surface area contributed by atoms with Crippen LogP contribution in [0.15, 0.2) is 46.9 Å². The van der Waals surface area contributed by atoms with Gasteiger partial charge in [-0.1, -0.05) is 0 Å². The van der Waals surface area contributed by atoms with Gasteiger partial charge in [0.05, 0.1) is 17.3 Å². The monoisotopic (exact) mass is 350 g/mol. The first-order valence-corrected chi connectivity index (χ1v) is 7.53. The van der Waals surface area contributed by atoms with Crippen LogP contribution < -0.4 is 0 Å². The van der Waals surface area contributed by atoms with E-state index in [-0.39, 0.29) is 23.4 Å². The molecule has 1 atom stereocenters. The average molecular weight is 350 g/mol. The molecule has 0 saturated heterocycles. The first-order chi connectivity index (χ1) is 11.7. The van der Waals surface area contributed by atoms with Crippen LogP contribution in [0.5, 0.6) is 0 Å². The van der Waals surface area contributed by atoms with E-state index in [0.29, 0.717) is 11.5 Å². The number of alkyl halides is 3. The van der Waals surface area contributed by atoms with Gasteiger partial charge in [-0.25, -0.2) is 9.38 Å². The highest BCUT2D eigenvalue weighted by Crippen LogP contribution is 2.34. The molecule has 0 aliphatic carbocycles. The number of allylic oxidation sites excluding steroid dienone is 2. The Morgan fingerprint density at radius 2 is 2.04 bits per heavy atom. The third-order valence-electron chi connectivity index (χ3n) is 4.14. The summed E-state index contributed by atoms with van der Waals surface area (Å²) in [5.74, 6) is -0.234. The highest BCUT2D eigenvalue weighted by Gasteiger charge is 2.45. The van der Waals surface area contributed by atoms with E-state index in [4.69, 9.17) is 5.26 Å². The fourth-order valence-corrected chi connectivity index (χ4v) is 2.80. The van der Waals surface area contributed by atoms with Crippen molar-refractivity contribution in [2.75, 3.05) is 6.54 Å². The maximum atomic E-state index is 14.1. The zero-order valence-corrected chi connectivity index (χ0v) is 13.5. The zero-order valence-electron chi connectivity index (χ0n) is 13.5. The standard InChI is InChI=1S/C17H14F4N4/c1-10-7-15(13-8-12(9-22)3-4-14(13)18)23-16-5-6-24(25(10)16)11(2)17(19,20)21/h3-5,7-8,11H,6H2,1-2H3/t11-/m1/s1. The third kappa shape index (κ3) is 3.03. The van der Waals surface area contributed by atoms with Crippen molar-refractivity contribution < 1.29 is 17.6 Å². The van der Waals surface area contributed by atoms with Crippen LogP contribution >= 0.6 is 0 Å². The lowest BCUT2D eigenvalue weighted by Crippen LogP contribution is -2.49. The van der Waals surface area contributed by atoms with Gasteiger partial charge in [-0.15, -0.1) is 0 Å². The second-order valence-electron chi connectivity index (χ2n) is 5.80. The van der Waals surface area contributed by atoms with Gasteiger partial charge in [0.15, 0.2) is 0 Å². The molecular formula is C17H14F4N4. The maximum absolute atomic E-state index is 14.1. The number of hydrogen-bond donors (Lipinski definition) is 0. The minimum atomic E-state index is -4.37. The molecule has 3 rings (SSSR count). The Hall–Kier alpha value is -2.66. The Morgan fingerprint density at radius 1 is 1.32 bits per heavy atom. The first kappa shape index (κ1) is 17.2. The Balaban J connectivity index is 1.97. The summed E-state index contributed by atoms with van der Waals surface area (Å²) in [5.41, 5.74) is 1.18. The van der Waals surface area contributed by atoms with Crippen molar-refractivity contribution in [1.82, 2.24) is 10.0 Å². The van der Waals surface area contributed by atoms with Crippen LogP contribution in [0.1, 0.15) is 25.0 Å². The fraction of sp³-hybridized carbons (Fsp3) is 0.294. The Bertz CT molecular complexity index is 845. The molecule has 0 saturated carbocycles. The molecule has 1 aromatic carbocycles. The Morgan fingerprint density at radius 3 is 2.68 bits per heavy atom. The molecule has 25 heavy (non-hydrogen) atoms. The summed E-state index contributed by atoms with van der Waals surface area (Å²) < 4.78 is 53.2. The van der Waals surface area contributed by atoms with E-state index in [0.717, 1.165) is 11.9 Å². The van der Waals surface area contributed by atoms with Crippen LogP contribution in [0.25, 0.3) is 0 Å². The SMILES string of the molecule is CC1=CC(c2cc(C#N)ccc2F)=NC2=CCN([C@H](C)C(F)(F)F)N12. The molecule has 0 amide bonds. The second-order valence-corrected chi connectivity index (χ2v) is 5.80. The van der Waals surface area contributed by atoms with E-state index in [1.54, 1.807) is 13.0 Å². The highest BCUT2D eigenvalue weighted by molar-refractivity contribution is 6.10. The first-order valence-electron chi connectivity index (χ1n) is 7.53. The van der Waals surface area contributed by atoms with E-state index in [2.05, 4.69) is 4.99 Å². The number of hydrogen-bond acceptors (Lipinski definition) is 4. The van der Waals surface area contributed by atoms with Crippen molar-refractivity contribution in [2.45, 2.75) is 26.1 Å². The van der Waals surface area contributed by atoms with Crippen molar-refractivity contribution in [1.29, 1.82) is 5.26 Å². The van der Waals surface area contributed by atoms with Crippen LogP contribution in [0, 0.1) is 17.1 Å². The largest absolute Gasteiger partial charge is 0.405 e. The Kier molecular flexibility index (Phi) is 4.13. The molecule has 0 unspecified atom stereocenters. The number of rotatable bonds is 2. The van der Waals surface area contributed by atoms with Crippen LogP contribution in [0.3, 0.4) is 0 Å². The summed E-state index contributed by atoms with van der Waals surface area (Å²) in [6, 6.07) is 4.15. The predicted octanol–water partition coefficient (Wildman–Crippen LogP) is 3.73. The molecule has 2 aliphatic heterocycles. The van der Waals surface area contributed by atoms with Crippen molar-refractivity contribution in [3.05, 3.63) is 58.8 Å². The average Bonchev–Trinajstić information content (AvgIpc) is 2.98. The van der Waals surface area contributed by atoms with E-state index in [9.17, 15) is 17.6 Å². The summed E-state index contributed by atoms with van der Waals surface area (Å²) >= 11 is 0. The normalized spacial score (nSPS) is 18.9. The minimum absolute atomic E-state index is 0.0543. The molecule has 0 bridgehead atoms. The molecule has 0 fully saturated rings. The summed E-state index contributed by atoms with van der Waals surface area (Å²) in [5, 5.41) is 11.5. The predicted molar refractivity (Wildman–Crippen MR) is 83.6 cm³/mol. The lowest BCUT2D eigenvalue weighted by molar-refractivity contribution is -0.201. The maximum Gasteiger partial charge on any atom is 0.405 e. The summed E-state index contributed by atoms with van der Waals surface area (Å²) in [4.78, 5) is 4.28.